The molecule has 0 N–H and O–H groups in total. The number of furan rings is 2. The third-order valence-electron chi connectivity index (χ3n) is 16.3. The van der Waals surface area contributed by atoms with Crippen molar-refractivity contribution in [1.29, 1.82) is 0 Å². The molecule has 0 fully saturated rings. The molecule has 0 aliphatic rings. The van der Waals surface area contributed by atoms with E-state index in [1.807, 2.05) is 146 Å². The normalized spacial score (nSPS) is 13.2. The molecular formula is C82H52O2. The van der Waals surface area contributed by atoms with Gasteiger partial charge in [0, 0.05) is 21.5 Å². The summed E-state index contributed by atoms with van der Waals surface area (Å²) in [6, 6.07) is 83.0. The summed E-state index contributed by atoms with van der Waals surface area (Å²) >= 11 is 0. The van der Waals surface area contributed by atoms with E-state index in [9.17, 15) is 0 Å². The van der Waals surface area contributed by atoms with Crippen molar-refractivity contribution in [2.75, 3.05) is 0 Å². The van der Waals surface area contributed by atoms with Gasteiger partial charge in [0.1, 0.15) is 22.3 Å². The Labute approximate surface area is 500 Å². The van der Waals surface area contributed by atoms with Crippen molar-refractivity contribution >= 4 is 87.0 Å². The lowest BCUT2D eigenvalue weighted by molar-refractivity contribution is 0.668. The smallest absolute Gasteiger partial charge is 0.136 e. The predicted octanol–water partition coefficient (Wildman–Crippen LogP) is 23.5. The van der Waals surface area contributed by atoms with Crippen LogP contribution in [0.15, 0.2) is 324 Å². The molecule has 0 aliphatic heterocycles. The molecular weight excluding hydrogens is 1020 g/mol. The van der Waals surface area contributed by atoms with Gasteiger partial charge >= 0.3 is 0 Å². The average molecular weight is 1080 g/mol. The van der Waals surface area contributed by atoms with E-state index in [-0.39, 0.29) is 59.5 Å². The average Bonchev–Trinajstić information content (AvgIpc) is 0.924. The van der Waals surface area contributed by atoms with Crippen molar-refractivity contribution in [2.45, 2.75) is 0 Å². The fourth-order valence-electron chi connectivity index (χ4n) is 12.6. The topological polar surface area (TPSA) is 26.3 Å². The Morgan fingerprint density at radius 3 is 1.10 bits per heavy atom. The highest BCUT2D eigenvalue weighted by molar-refractivity contribution is 6.26. The predicted molar refractivity (Wildman–Crippen MR) is 356 cm³/mol. The summed E-state index contributed by atoms with van der Waals surface area (Å²) in [6.07, 6.45) is 0. The Morgan fingerprint density at radius 1 is 0.202 bits per heavy atom. The van der Waals surface area contributed by atoms with Crippen molar-refractivity contribution in [3.05, 3.63) is 315 Å². The quantitative estimate of drug-likeness (QED) is 0.149. The first kappa shape index (κ1) is 39.4. The van der Waals surface area contributed by atoms with E-state index in [0.29, 0.717) is 11.1 Å². The lowest BCUT2D eigenvalue weighted by Crippen LogP contribution is -1.91. The summed E-state index contributed by atoms with van der Waals surface area (Å²) < 4.78 is 98.0. The zero-order valence-corrected chi connectivity index (χ0v) is 45.1. The Balaban J connectivity index is 0.000000150. The lowest BCUT2D eigenvalue weighted by Gasteiger charge is -2.18. The van der Waals surface area contributed by atoms with Crippen LogP contribution in [0.2, 0.25) is 0 Å². The van der Waals surface area contributed by atoms with Crippen LogP contribution in [0.5, 0.6) is 0 Å². The second-order valence-corrected chi connectivity index (χ2v) is 21.0. The van der Waals surface area contributed by atoms with Crippen molar-refractivity contribution < 1.29 is 22.5 Å². The maximum absolute atomic E-state index is 8.82. The molecule has 15 aromatic carbocycles. The maximum Gasteiger partial charge on any atom is 0.136 e. The molecule has 0 atom stereocenters. The molecule has 2 heteroatoms. The molecule has 0 spiro atoms. The summed E-state index contributed by atoms with van der Waals surface area (Å²) in [5, 5.41) is 11.0. The van der Waals surface area contributed by atoms with E-state index < -0.39 is 12.1 Å². The monoisotopic (exact) mass is 1080 g/mol. The fourth-order valence-corrected chi connectivity index (χ4v) is 12.6. The van der Waals surface area contributed by atoms with Gasteiger partial charge in [-0.1, -0.05) is 273 Å². The summed E-state index contributed by atoms with van der Waals surface area (Å²) in [6.45, 7) is 0. The number of rotatable bonds is 7. The molecule has 0 saturated heterocycles. The largest absolute Gasteiger partial charge is 0.456 e. The van der Waals surface area contributed by atoms with Crippen LogP contribution in [0.3, 0.4) is 0 Å². The molecule has 2 heterocycles. The molecule has 84 heavy (non-hydrogen) atoms. The number of fused-ring (bicyclic) bond motifs is 10. The van der Waals surface area contributed by atoms with Crippen molar-refractivity contribution in [3.8, 4) is 77.9 Å². The van der Waals surface area contributed by atoms with Gasteiger partial charge in [0.25, 0.3) is 0 Å². The third kappa shape index (κ3) is 8.34. The van der Waals surface area contributed by atoms with Gasteiger partial charge in [0.2, 0.25) is 0 Å². The van der Waals surface area contributed by atoms with Crippen molar-refractivity contribution in [3.63, 3.8) is 0 Å². The molecule has 0 saturated carbocycles. The van der Waals surface area contributed by atoms with Crippen LogP contribution < -0.4 is 0 Å². The maximum atomic E-state index is 8.82. The molecule has 0 radical (unpaired) electrons. The molecule has 0 bridgehead atoms. The third-order valence-corrected chi connectivity index (χ3v) is 16.3. The van der Waals surface area contributed by atoms with Gasteiger partial charge < -0.3 is 8.83 Å². The van der Waals surface area contributed by atoms with E-state index in [0.717, 1.165) is 131 Å². The SMILES string of the molecule is [2H]c1c([2H])c([2H])c(-c2c3ccccc3c(-c3ccc4oc5cc(-c6ccc(-c7ccccc7)cc6)ccc5c4c3)c3ccccc23)c([2H])c1[2H].[2H]c1c([2H])c([2H])c(-c2c3ccccc3c(-c3cccc4oc5ccc(-c6ccccc6)cc5c34)c3ccccc23)c([2H])c1[2H]. The Kier molecular flexibility index (Phi) is 9.60. The number of hydrogen-bond acceptors (Lipinski definition) is 2. The second kappa shape index (κ2) is 20.5. The molecule has 0 amide bonds. The first-order chi connectivity index (χ1) is 45.8. The minimum Gasteiger partial charge on any atom is -0.456 e. The van der Waals surface area contributed by atoms with Gasteiger partial charge in [0.05, 0.1) is 13.7 Å². The minimum atomic E-state index is -0.401. The molecule has 2 nitrogen and oxygen atoms in total. The van der Waals surface area contributed by atoms with Gasteiger partial charge in [0.15, 0.2) is 0 Å². The van der Waals surface area contributed by atoms with Gasteiger partial charge in [-0.3, -0.25) is 0 Å². The summed E-state index contributed by atoms with van der Waals surface area (Å²) in [7, 11) is 0. The first-order valence-electron chi connectivity index (χ1n) is 33.0. The summed E-state index contributed by atoms with van der Waals surface area (Å²) in [5.74, 6) is 0. The van der Waals surface area contributed by atoms with Crippen LogP contribution in [0.4, 0.5) is 0 Å². The van der Waals surface area contributed by atoms with Gasteiger partial charge in [-0.2, -0.15) is 0 Å². The molecule has 17 aromatic rings. The highest BCUT2D eigenvalue weighted by Gasteiger charge is 2.22. The van der Waals surface area contributed by atoms with E-state index in [4.69, 9.17) is 22.5 Å². The van der Waals surface area contributed by atoms with Crippen molar-refractivity contribution in [1.82, 2.24) is 0 Å². The number of hydrogen-bond donors (Lipinski definition) is 0. The van der Waals surface area contributed by atoms with Crippen molar-refractivity contribution in [2.24, 2.45) is 0 Å². The van der Waals surface area contributed by atoms with E-state index in [2.05, 4.69) is 109 Å². The highest BCUT2D eigenvalue weighted by atomic mass is 16.3. The zero-order valence-electron chi connectivity index (χ0n) is 55.1. The molecule has 2 aromatic heterocycles. The Bertz CT molecular complexity index is 5810. The van der Waals surface area contributed by atoms with Crippen LogP contribution in [0.1, 0.15) is 13.7 Å². The minimum absolute atomic E-state index is 0.203. The highest BCUT2D eigenvalue weighted by Crippen LogP contribution is 2.49. The van der Waals surface area contributed by atoms with Crippen LogP contribution in [-0.2, 0) is 0 Å². The summed E-state index contributed by atoms with van der Waals surface area (Å²) in [5.41, 5.74) is 15.7. The summed E-state index contributed by atoms with van der Waals surface area (Å²) in [4.78, 5) is 0. The zero-order chi connectivity index (χ0) is 64.2. The fraction of sp³-hybridized carbons (Fsp3) is 0. The molecule has 0 aliphatic carbocycles. The van der Waals surface area contributed by atoms with Gasteiger partial charge in [-0.05, 0) is 163 Å². The number of benzene rings is 15. The lowest BCUT2D eigenvalue weighted by atomic mass is 9.85. The molecule has 392 valence electrons. The molecule has 17 rings (SSSR count). The molecule has 0 unspecified atom stereocenters. The standard InChI is InChI=1S/C44H28O.C38H24O/c1-3-11-29(12-4-1)30-19-21-31(22-20-30)33-23-25-35-40-27-34(24-26-41(40)45-42(35)28-33)44-38-17-9-7-15-36(38)43(32-13-5-2-6-14-32)37-16-8-10-18-39(37)44;1-3-12-25(13-4-1)27-22-23-34-33(24-27)38-32(20-11-21-35(38)39-34)37-30-18-9-7-16-28(30)36(26-14-5-2-6-15-26)29-17-8-10-19-31(29)37/h1-28H;1-24H/i2D,5D,6D,13D,14D;2D,5D,6D,14D,15D. The van der Waals surface area contributed by atoms with E-state index in [1.165, 1.54) is 11.1 Å². The van der Waals surface area contributed by atoms with Gasteiger partial charge in [-0.15, -0.1) is 0 Å². The first-order valence-corrected chi connectivity index (χ1v) is 28.0. The van der Waals surface area contributed by atoms with E-state index in [1.54, 1.807) is 0 Å². The van der Waals surface area contributed by atoms with Crippen LogP contribution in [0.25, 0.3) is 165 Å². The van der Waals surface area contributed by atoms with Crippen LogP contribution in [0, 0.1) is 0 Å². The van der Waals surface area contributed by atoms with E-state index >= 15 is 0 Å². The second-order valence-electron chi connectivity index (χ2n) is 21.0. The Hall–Kier alpha value is -11.1. The van der Waals surface area contributed by atoms with Crippen LogP contribution >= 0.6 is 0 Å². The van der Waals surface area contributed by atoms with Crippen LogP contribution in [-0.4, -0.2) is 0 Å². The Morgan fingerprint density at radius 2 is 0.571 bits per heavy atom. The van der Waals surface area contributed by atoms with Gasteiger partial charge in [-0.25, -0.2) is 0 Å².